The zero-order valence-electron chi connectivity index (χ0n) is 10.9. The van der Waals surface area contributed by atoms with Crippen LogP contribution in [-0.4, -0.2) is 11.5 Å². The molecule has 1 N–H and O–H groups in total. The van der Waals surface area contributed by atoms with E-state index in [0.29, 0.717) is 0 Å². The van der Waals surface area contributed by atoms with Crippen LogP contribution in [0.15, 0.2) is 28.1 Å². The second-order valence-corrected chi connectivity index (χ2v) is 6.26. The zero-order chi connectivity index (χ0) is 13.8. The van der Waals surface area contributed by atoms with Crippen molar-refractivity contribution in [1.29, 1.82) is 0 Å². The molecular formula is C14H16BrFN2S. The fourth-order valence-electron chi connectivity index (χ4n) is 2.00. The van der Waals surface area contributed by atoms with Crippen LogP contribution in [0.2, 0.25) is 0 Å². The summed E-state index contributed by atoms with van der Waals surface area (Å²) in [6.07, 6.45) is 0.780. The van der Waals surface area contributed by atoms with Crippen LogP contribution in [0.25, 0.3) is 0 Å². The van der Waals surface area contributed by atoms with Crippen molar-refractivity contribution >= 4 is 27.3 Å². The lowest BCUT2D eigenvalue weighted by Gasteiger charge is -2.17. The van der Waals surface area contributed by atoms with Crippen molar-refractivity contribution in [2.75, 3.05) is 6.54 Å². The number of rotatable bonds is 5. The van der Waals surface area contributed by atoms with E-state index in [-0.39, 0.29) is 11.9 Å². The molecule has 2 rings (SSSR count). The van der Waals surface area contributed by atoms with Crippen molar-refractivity contribution in [3.8, 4) is 0 Å². The first-order valence-corrected chi connectivity index (χ1v) is 7.86. The molecule has 19 heavy (non-hydrogen) atoms. The van der Waals surface area contributed by atoms with E-state index in [4.69, 9.17) is 0 Å². The Morgan fingerprint density at radius 1 is 1.42 bits per heavy atom. The molecule has 1 aromatic carbocycles. The Morgan fingerprint density at radius 2 is 2.21 bits per heavy atom. The van der Waals surface area contributed by atoms with Crippen molar-refractivity contribution in [1.82, 2.24) is 10.3 Å². The van der Waals surface area contributed by atoms with Crippen molar-refractivity contribution in [3.05, 3.63) is 50.1 Å². The van der Waals surface area contributed by atoms with Crippen molar-refractivity contribution in [2.45, 2.75) is 26.3 Å². The molecule has 102 valence electrons. The number of hydrogen-bond donors (Lipinski definition) is 1. The van der Waals surface area contributed by atoms with Gasteiger partial charge in [-0.05, 0) is 37.2 Å². The largest absolute Gasteiger partial charge is 0.310 e. The summed E-state index contributed by atoms with van der Waals surface area (Å²) in [4.78, 5) is 4.48. The fraction of sp³-hybridized carbons (Fsp3) is 0.357. The van der Waals surface area contributed by atoms with E-state index >= 15 is 0 Å². The van der Waals surface area contributed by atoms with Gasteiger partial charge in [0.1, 0.15) is 5.82 Å². The van der Waals surface area contributed by atoms with E-state index < -0.39 is 0 Å². The minimum Gasteiger partial charge on any atom is -0.310 e. The predicted molar refractivity (Wildman–Crippen MR) is 81.1 cm³/mol. The number of likely N-dealkylation sites (N-methyl/N-ethyl adjacent to an activating group) is 1. The molecule has 0 spiro atoms. The average Bonchev–Trinajstić information content (AvgIpc) is 2.73. The summed E-state index contributed by atoms with van der Waals surface area (Å²) in [6.45, 7) is 4.87. The summed E-state index contributed by atoms with van der Waals surface area (Å²) in [5.74, 6) is -0.220. The standard InChI is InChI=1S/C14H16BrFN2S/c1-3-17-13(7-14-18-9(2)8-19-14)10-4-11(15)6-12(16)5-10/h4-6,8,13,17H,3,7H2,1-2H3. The average molecular weight is 343 g/mol. The highest BCUT2D eigenvalue weighted by atomic mass is 79.9. The van der Waals surface area contributed by atoms with Crippen LogP contribution in [0, 0.1) is 12.7 Å². The lowest BCUT2D eigenvalue weighted by Crippen LogP contribution is -2.23. The van der Waals surface area contributed by atoms with E-state index in [1.807, 2.05) is 18.4 Å². The second-order valence-electron chi connectivity index (χ2n) is 4.40. The number of aromatic nitrogens is 1. The van der Waals surface area contributed by atoms with Gasteiger partial charge in [0.15, 0.2) is 0 Å². The summed E-state index contributed by atoms with van der Waals surface area (Å²) in [5, 5.41) is 6.50. The minimum atomic E-state index is -0.220. The Labute approximate surface area is 125 Å². The van der Waals surface area contributed by atoms with Gasteiger partial charge < -0.3 is 5.32 Å². The summed E-state index contributed by atoms with van der Waals surface area (Å²) >= 11 is 4.99. The van der Waals surface area contributed by atoms with Gasteiger partial charge in [-0.15, -0.1) is 11.3 Å². The zero-order valence-corrected chi connectivity index (χ0v) is 13.3. The quantitative estimate of drug-likeness (QED) is 0.878. The van der Waals surface area contributed by atoms with E-state index in [9.17, 15) is 4.39 Å². The lowest BCUT2D eigenvalue weighted by molar-refractivity contribution is 0.541. The molecule has 0 aliphatic rings. The Balaban J connectivity index is 2.23. The Morgan fingerprint density at radius 3 is 2.79 bits per heavy atom. The Hall–Kier alpha value is -0.780. The summed E-state index contributed by atoms with van der Waals surface area (Å²) < 4.78 is 14.3. The smallest absolute Gasteiger partial charge is 0.124 e. The van der Waals surface area contributed by atoms with Gasteiger partial charge in [-0.25, -0.2) is 9.37 Å². The van der Waals surface area contributed by atoms with Gasteiger partial charge in [0.05, 0.1) is 5.01 Å². The molecule has 1 heterocycles. The van der Waals surface area contributed by atoms with Crippen molar-refractivity contribution in [2.24, 2.45) is 0 Å². The topological polar surface area (TPSA) is 24.9 Å². The van der Waals surface area contributed by atoms with E-state index in [0.717, 1.165) is 33.7 Å². The number of nitrogens with zero attached hydrogens (tertiary/aromatic N) is 1. The molecule has 0 saturated carbocycles. The molecule has 1 unspecified atom stereocenters. The normalized spacial score (nSPS) is 12.6. The molecule has 2 nitrogen and oxygen atoms in total. The summed E-state index contributed by atoms with van der Waals surface area (Å²) in [6, 6.07) is 5.10. The third-order valence-corrected chi connectivity index (χ3v) is 4.23. The molecule has 0 aliphatic carbocycles. The molecule has 0 aliphatic heterocycles. The first kappa shape index (κ1) is 14.6. The SMILES string of the molecule is CCNC(Cc1nc(C)cs1)c1cc(F)cc(Br)c1. The van der Waals surface area contributed by atoms with Crippen LogP contribution in [-0.2, 0) is 6.42 Å². The number of halogens is 2. The van der Waals surface area contributed by atoms with Crippen molar-refractivity contribution in [3.63, 3.8) is 0 Å². The van der Waals surface area contributed by atoms with Crippen LogP contribution in [0.1, 0.15) is 29.2 Å². The highest BCUT2D eigenvalue weighted by molar-refractivity contribution is 9.10. The Bertz CT molecular complexity index is 536. The van der Waals surface area contributed by atoms with E-state index in [1.54, 1.807) is 17.4 Å². The van der Waals surface area contributed by atoms with E-state index in [2.05, 4.69) is 33.2 Å². The molecule has 2 aromatic rings. The Kier molecular flexibility index (Phi) is 5.07. The number of aryl methyl sites for hydroxylation is 1. The molecule has 1 atom stereocenters. The first-order chi connectivity index (χ1) is 9.08. The lowest BCUT2D eigenvalue weighted by atomic mass is 10.0. The maximum absolute atomic E-state index is 13.5. The van der Waals surface area contributed by atoms with Gasteiger partial charge >= 0.3 is 0 Å². The summed E-state index contributed by atoms with van der Waals surface area (Å²) in [7, 11) is 0. The molecular weight excluding hydrogens is 327 g/mol. The van der Waals surface area contributed by atoms with Gasteiger partial charge in [-0.3, -0.25) is 0 Å². The van der Waals surface area contributed by atoms with Gasteiger partial charge in [0.2, 0.25) is 0 Å². The molecule has 0 amide bonds. The highest BCUT2D eigenvalue weighted by Gasteiger charge is 2.14. The third-order valence-electron chi connectivity index (χ3n) is 2.78. The third kappa shape index (κ3) is 4.09. The molecule has 0 saturated heterocycles. The molecule has 0 fully saturated rings. The van der Waals surface area contributed by atoms with Gasteiger partial charge in [0.25, 0.3) is 0 Å². The van der Waals surface area contributed by atoms with Crippen LogP contribution in [0.3, 0.4) is 0 Å². The fourth-order valence-corrected chi connectivity index (χ4v) is 3.30. The first-order valence-electron chi connectivity index (χ1n) is 6.19. The number of nitrogens with one attached hydrogen (secondary N) is 1. The van der Waals surface area contributed by atoms with Gasteiger partial charge in [-0.1, -0.05) is 22.9 Å². The van der Waals surface area contributed by atoms with Crippen LogP contribution in [0.4, 0.5) is 4.39 Å². The predicted octanol–water partition coefficient (Wildman–Crippen LogP) is 4.25. The number of benzene rings is 1. The highest BCUT2D eigenvalue weighted by Crippen LogP contribution is 2.24. The monoisotopic (exact) mass is 342 g/mol. The maximum Gasteiger partial charge on any atom is 0.124 e. The molecule has 0 bridgehead atoms. The number of hydrogen-bond acceptors (Lipinski definition) is 3. The maximum atomic E-state index is 13.5. The van der Waals surface area contributed by atoms with E-state index in [1.165, 1.54) is 6.07 Å². The molecule has 0 radical (unpaired) electrons. The van der Waals surface area contributed by atoms with Crippen molar-refractivity contribution < 1.29 is 4.39 Å². The summed E-state index contributed by atoms with van der Waals surface area (Å²) in [5.41, 5.74) is 1.98. The molecule has 1 aromatic heterocycles. The second kappa shape index (κ2) is 6.59. The minimum absolute atomic E-state index is 0.0857. The van der Waals surface area contributed by atoms with Crippen LogP contribution in [0.5, 0.6) is 0 Å². The number of thiazole rings is 1. The van der Waals surface area contributed by atoms with Gasteiger partial charge in [0, 0.05) is 28.0 Å². The van der Waals surface area contributed by atoms with Crippen LogP contribution >= 0.6 is 27.3 Å². The van der Waals surface area contributed by atoms with Gasteiger partial charge in [-0.2, -0.15) is 0 Å². The van der Waals surface area contributed by atoms with Crippen LogP contribution < -0.4 is 5.32 Å². The molecule has 5 heteroatoms.